The second-order valence-electron chi connectivity index (χ2n) is 16.1. The van der Waals surface area contributed by atoms with Gasteiger partial charge in [0.15, 0.2) is 5.82 Å². The SMILES string of the molecule is CC1(C)c2cccc(-c3ccc(-c4nc(-c5ccccc5)cc(-c5cccc(-c6ccc(-c7ccccc7)cc6)c5)n4)c4ccccc34)c2-c2ccc3ccccc3c21. The Morgan fingerprint density at radius 2 is 0.864 bits per heavy atom. The van der Waals surface area contributed by atoms with E-state index in [-0.39, 0.29) is 5.41 Å². The summed E-state index contributed by atoms with van der Waals surface area (Å²) in [6.07, 6.45) is 0. The maximum absolute atomic E-state index is 5.36. The van der Waals surface area contributed by atoms with Crippen LogP contribution in [0.2, 0.25) is 0 Å². The van der Waals surface area contributed by atoms with Gasteiger partial charge in [0.1, 0.15) is 0 Å². The monoisotopic (exact) mass is 752 g/mol. The lowest BCUT2D eigenvalue weighted by atomic mass is 9.80. The van der Waals surface area contributed by atoms with Gasteiger partial charge in [-0.2, -0.15) is 0 Å². The van der Waals surface area contributed by atoms with Crippen LogP contribution in [-0.2, 0) is 5.41 Å². The Hall–Kier alpha value is -7.42. The van der Waals surface area contributed by atoms with Gasteiger partial charge in [-0.05, 0) is 95.4 Å². The highest BCUT2D eigenvalue weighted by molar-refractivity contribution is 6.09. The summed E-state index contributed by atoms with van der Waals surface area (Å²) in [6.45, 7) is 4.75. The summed E-state index contributed by atoms with van der Waals surface area (Å²) in [5, 5.41) is 4.92. The summed E-state index contributed by atoms with van der Waals surface area (Å²) in [5.41, 5.74) is 17.4. The molecule has 10 aromatic rings. The summed E-state index contributed by atoms with van der Waals surface area (Å²) >= 11 is 0. The van der Waals surface area contributed by atoms with Gasteiger partial charge < -0.3 is 0 Å². The highest BCUT2D eigenvalue weighted by atomic mass is 14.9. The van der Waals surface area contributed by atoms with Crippen LogP contribution in [-0.4, -0.2) is 9.97 Å². The van der Waals surface area contributed by atoms with Gasteiger partial charge in [0.25, 0.3) is 0 Å². The second-order valence-corrected chi connectivity index (χ2v) is 16.1. The zero-order valence-corrected chi connectivity index (χ0v) is 33.0. The first-order chi connectivity index (χ1) is 29.0. The first-order valence-corrected chi connectivity index (χ1v) is 20.4. The minimum Gasteiger partial charge on any atom is -0.228 e. The van der Waals surface area contributed by atoms with Crippen LogP contribution >= 0.6 is 0 Å². The molecular formula is C57H40N2. The molecule has 0 bridgehead atoms. The molecule has 0 unspecified atom stereocenters. The molecule has 0 amide bonds. The van der Waals surface area contributed by atoms with E-state index in [9.17, 15) is 0 Å². The van der Waals surface area contributed by atoms with Crippen LogP contribution in [0.25, 0.3) is 100.0 Å². The number of hydrogen-bond acceptors (Lipinski definition) is 2. The van der Waals surface area contributed by atoms with Gasteiger partial charge in [-0.1, -0.05) is 202 Å². The third-order valence-corrected chi connectivity index (χ3v) is 12.3. The van der Waals surface area contributed by atoms with Crippen molar-refractivity contribution < 1.29 is 0 Å². The zero-order chi connectivity index (χ0) is 39.5. The summed E-state index contributed by atoms with van der Waals surface area (Å²) in [7, 11) is 0. The molecular weight excluding hydrogens is 713 g/mol. The van der Waals surface area contributed by atoms with Gasteiger partial charge in [-0.15, -0.1) is 0 Å². The van der Waals surface area contributed by atoms with Crippen molar-refractivity contribution in [2.24, 2.45) is 0 Å². The van der Waals surface area contributed by atoms with Crippen molar-refractivity contribution in [2.45, 2.75) is 19.3 Å². The fraction of sp³-hybridized carbons (Fsp3) is 0.0526. The molecule has 278 valence electrons. The minimum absolute atomic E-state index is 0.137. The van der Waals surface area contributed by atoms with Crippen molar-refractivity contribution in [1.82, 2.24) is 9.97 Å². The van der Waals surface area contributed by atoms with Crippen LogP contribution in [0.3, 0.4) is 0 Å². The largest absolute Gasteiger partial charge is 0.228 e. The van der Waals surface area contributed by atoms with Gasteiger partial charge >= 0.3 is 0 Å². The molecule has 11 rings (SSSR count). The van der Waals surface area contributed by atoms with Crippen LogP contribution < -0.4 is 0 Å². The Morgan fingerprint density at radius 3 is 1.61 bits per heavy atom. The summed E-state index contributed by atoms with van der Waals surface area (Å²) in [4.78, 5) is 10.7. The van der Waals surface area contributed by atoms with E-state index in [1.807, 2.05) is 6.07 Å². The molecule has 0 atom stereocenters. The fourth-order valence-electron chi connectivity index (χ4n) is 9.42. The summed E-state index contributed by atoms with van der Waals surface area (Å²) in [6, 6.07) is 74.2. The molecule has 2 nitrogen and oxygen atoms in total. The highest BCUT2D eigenvalue weighted by Gasteiger charge is 2.38. The molecule has 9 aromatic carbocycles. The van der Waals surface area contributed by atoms with Crippen molar-refractivity contribution in [1.29, 1.82) is 0 Å². The summed E-state index contributed by atoms with van der Waals surface area (Å²) in [5.74, 6) is 0.706. The number of fused-ring (bicyclic) bond motifs is 6. The average Bonchev–Trinajstić information content (AvgIpc) is 3.55. The van der Waals surface area contributed by atoms with Crippen LogP contribution in [0.4, 0.5) is 0 Å². The fourth-order valence-corrected chi connectivity index (χ4v) is 9.42. The van der Waals surface area contributed by atoms with Crippen LogP contribution in [0.5, 0.6) is 0 Å². The van der Waals surface area contributed by atoms with Crippen LogP contribution in [0.1, 0.15) is 25.0 Å². The first kappa shape index (κ1) is 34.8. The molecule has 0 N–H and O–H groups in total. The molecule has 1 aromatic heterocycles. The Labute approximate surface area is 345 Å². The predicted molar refractivity (Wildman–Crippen MR) is 247 cm³/mol. The average molecular weight is 753 g/mol. The Balaban J connectivity index is 1.05. The summed E-state index contributed by atoms with van der Waals surface area (Å²) < 4.78 is 0. The van der Waals surface area contributed by atoms with Crippen LogP contribution in [0.15, 0.2) is 206 Å². The smallest absolute Gasteiger partial charge is 0.161 e. The lowest BCUT2D eigenvalue weighted by molar-refractivity contribution is 0.666. The molecule has 1 heterocycles. The minimum atomic E-state index is -0.137. The van der Waals surface area contributed by atoms with E-state index < -0.39 is 0 Å². The van der Waals surface area contributed by atoms with E-state index in [1.165, 1.54) is 60.7 Å². The van der Waals surface area contributed by atoms with E-state index in [4.69, 9.17) is 9.97 Å². The third-order valence-electron chi connectivity index (χ3n) is 12.3. The highest BCUT2D eigenvalue weighted by Crippen LogP contribution is 2.55. The van der Waals surface area contributed by atoms with Gasteiger partial charge in [0, 0.05) is 22.1 Å². The molecule has 59 heavy (non-hydrogen) atoms. The van der Waals surface area contributed by atoms with Crippen molar-refractivity contribution >= 4 is 21.5 Å². The normalized spacial score (nSPS) is 12.7. The van der Waals surface area contributed by atoms with Crippen molar-refractivity contribution in [2.75, 3.05) is 0 Å². The number of aromatic nitrogens is 2. The third kappa shape index (κ3) is 5.87. The predicted octanol–water partition coefficient (Wildman–Crippen LogP) is 15.1. The van der Waals surface area contributed by atoms with Crippen molar-refractivity contribution in [3.8, 4) is 78.4 Å². The van der Waals surface area contributed by atoms with Gasteiger partial charge in [-0.3, -0.25) is 0 Å². The van der Waals surface area contributed by atoms with E-state index in [2.05, 4.69) is 214 Å². The van der Waals surface area contributed by atoms with Crippen molar-refractivity contribution in [3.63, 3.8) is 0 Å². The molecule has 1 aliphatic carbocycles. The molecule has 0 fully saturated rings. The Kier molecular flexibility index (Phi) is 8.20. The molecule has 0 aliphatic heterocycles. The number of benzene rings is 9. The zero-order valence-electron chi connectivity index (χ0n) is 33.0. The molecule has 0 saturated heterocycles. The van der Waals surface area contributed by atoms with Gasteiger partial charge in [0.05, 0.1) is 11.4 Å². The topological polar surface area (TPSA) is 25.8 Å². The number of hydrogen-bond donors (Lipinski definition) is 0. The second kappa shape index (κ2) is 13.9. The van der Waals surface area contributed by atoms with E-state index in [0.717, 1.165) is 44.6 Å². The van der Waals surface area contributed by atoms with E-state index in [1.54, 1.807) is 0 Å². The number of rotatable bonds is 6. The van der Waals surface area contributed by atoms with Crippen molar-refractivity contribution in [3.05, 3.63) is 217 Å². The lowest BCUT2D eigenvalue weighted by Crippen LogP contribution is -2.15. The van der Waals surface area contributed by atoms with Gasteiger partial charge in [-0.25, -0.2) is 9.97 Å². The standard InChI is InChI=1S/C57H40N2/c1-57(2)51-26-14-25-48(54(51)50-32-31-40-17-9-10-22-44(40)55(50)57)47-33-34-49(46-24-12-11-23-45(46)47)56-58-52(41-18-7-4-8-19-41)36-53(59-56)43-21-13-20-42(35-43)39-29-27-38(28-30-39)37-15-5-3-6-16-37/h3-36H,1-2H3. The Morgan fingerprint density at radius 1 is 0.339 bits per heavy atom. The van der Waals surface area contributed by atoms with Gasteiger partial charge in [0.2, 0.25) is 0 Å². The lowest BCUT2D eigenvalue weighted by Gasteiger charge is -2.23. The van der Waals surface area contributed by atoms with E-state index in [0.29, 0.717) is 5.82 Å². The maximum Gasteiger partial charge on any atom is 0.161 e. The first-order valence-electron chi connectivity index (χ1n) is 20.4. The Bertz CT molecular complexity index is 3220. The van der Waals surface area contributed by atoms with Crippen LogP contribution in [0, 0.1) is 0 Å². The molecule has 2 heteroatoms. The van der Waals surface area contributed by atoms with E-state index >= 15 is 0 Å². The maximum atomic E-state index is 5.36. The molecule has 0 radical (unpaired) electrons. The number of nitrogens with zero attached hydrogens (tertiary/aromatic N) is 2. The quantitative estimate of drug-likeness (QED) is 0.169. The molecule has 1 aliphatic rings. The molecule has 0 spiro atoms. The molecule has 0 saturated carbocycles.